The van der Waals surface area contributed by atoms with Gasteiger partial charge in [0.05, 0.1) is 19.8 Å². The Kier molecular flexibility index (Phi) is 5.31. The van der Waals surface area contributed by atoms with Crippen molar-refractivity contribution < 1.29 is 55.4 Å². The van der Waals surface area contributed by atoms with E-state index in [1.54, 1.807) is 0 Å². The van der Waals surface area contributed by atoms with Gasteiger partial charge in [-0.15, -0.1) is 0 Å². The van der Waals surface area contributed by atoms with E-state index in [4.69, 9.17) is 19.7 Å². The molecule has 11 heteroatoms. The molecule has 0 saturated carbocycles. The van der Waals surface area contributed by atoms with Crippen LogP contribution in [0.3, 0.4) is 0 Å². The second-order valence-corrected chi connectivity index (χ2v) is 5.78. The molecular weight excluding hydrogens is 320 g/mol. The molecule has 2 heterocycles. The van der Waals surface area contributed by atoms with Crippen molar-refractivity contribution in [3.8, 4) is 0 Å². The van der Waals surface area contributed by atoms with Crippen LogP contribution in [-0.2, 0) is 9.47 Å². The van der Waals surface area contributed by atoms with Crippen molar-refractivity contribution in [2.24, 2.45) is 0 Å². The molecule has 9 atom stereocenters. The summed E-state index contributed by atoms with van der Waals surface area (Å²) in [6.45, 7) is -2.81. The van der Waals surface area contributed by atoms with Crippen LogP contribution >= 0.6 is 0 Å². The van der Waals surface area contributed by atoms with E-state index in [9.17, 15) is 35.7 Å². The van der Waals surface area contributed by atoms with Crippen LogP contribution in [0.1, 0.15) is 0 Å². The van der Waals surface area contributed by atoms with Crippen molar-refractivity contribution in [3.63, 3.8) is 0 Å². The molecule has 2 saturated heterocycles. The largest absolute Gasteiger partial charge is 0.394 e. The van der Waals surface area contributed by atoms with Gasteiger partial charge >= 0.3 is 0 Å². The number of hydrogen-bond donors (Lipinski definition) is 9. The minimum absolute atomic E-state index is 0.777. The third kappa shape index (κ3) is 2.49. The third-order valence-corrected chi connectivity index (χ3v) is 4.53. The van der Waals surface area contributed by atoms with Gasteiger partial charge in [-0.1, -0.05) is 0 Å². The molecule has 0 amide bonds. The molecule has 2 rings (SSSR count). The molecule has 23 heavy (non-hydrogen) atoms. The molecule has 0 aliphatic carbocycles. The van der Waals surface area contributed by atoms with Gasteiger partial charge in [0, 0.05) is 0 Å². The van der Waals surface area contributed by atoms with Gasteiger partial charge in [-0.3, -0.25) is 0 Å². The van der Waals surface area contributed by atoms with Crippen molar-refractivity contribution in [1.29, 1.82) is 0 Å². The van der Waals surface area contributed by atoms with Crippen molar-refractivity contribution in [2.75, 3.05) is 19.8 Å². The van der Waals surface area contributed by atoms with E-state index in [1.807, 2.05) is 0 Å². The van der Waals surface area contributed by atoms with E-state index in [0.717, 1.165) is 0 Å². The predicted octanol–water partition coefficient (Wildman–Crippen LogP) is -6.01. The summed E-state index contributed by atoms with van der Waals surface area (Å²) in [4.78, 5) is 0. The number of aliphatic hydroxyl groups excluding tert-OH is 8. The van der Waals surface area contributed by atoms with Gasteiger partial charge in [0.1, 0.15) is 42.7 Å². The summed E-state index contributed by atoms with van der Waals surface area (Å²) >= 11 is 0. The Morgan fingerprint density at radius 1 is 0.696 bits per heavy atom. The van der Waals surface area contributed by atoms with E-state index in [1.165, 1.54) is 0 Å². The highest BCUT2D eigenvalue weighted by atomic mass is 16.7. The van der Waals surface area contributed by atoms with Crippen LogP contribution in [0.2, 0.25) is 0 Å². The first-order chi connectivity index (χ1) is 10.7. The highest BCUT2D eigenvalue weighted by Gasteiger charge is 2.71. The van der Waals surface area contributed by atoms with Gasteiger partial charge in [0.15, 0.2) is 5.60 Å². The molecule has 9 unspecified atom stereocenters. The smallest absolute Gasteiger partial charge is 0.230 e. The van der Waals surface area contributed by atoms with E-state index in [2.05, 4.69) is 0 Å². The molecule has 2 aliphatic rings. The van der Waals surface area contributed by atoms with Crippen LogP contribution in [0.4, 0.5) is 0 Å². The lowest BCUT2D eigenvalue weighted by Gasteiger charge is -2.53. The van der Waals surface area contributed by atoms with Crippen LogP contribution in [0.15, 0.2) is 0 Å². The summed E-state index contributed by atoms with van der Waals surface area (Å²) in [6.07, 6.45) is -12.7. The average Bonchev–Trinajstić information content (AvgIpc) is 2.81. The minimum atomic E-state index is -2.99. The Balaban J connectivity index is 2.46. The maximum absolute atomic E-state index is 10.7. The molecule has 0 aromatic rings. The number of ether oxygens (including phenoxy) is 2. The molecule has 11 nitrogen and oxygen atoms in total. The number of aliphatic hydroxyl groups is 9. The quantitative estimate of drug-likeness (QED) is 0.235. The van der Waals surface area contributed by atoms with Crippen molar-refractivity contribution in [3.05, 3.63) is 0 Å². The topological polar surface area (TPSA) is 201 Å². The van der Waals surface area contributed by atoms with Crippen molar-refractivity contribution in [2.45, 2.75) is 54.1 Å². The maximum Gasteiger partial charge on any atom is 0.230 e. The lowest BCUT2D eigenvalue weighted by atomic mass is 9.78. The summed E-state index contributed by atoms with van der Waals surface area (Å²) in [5.41, 5.74) is -2.53. The van der Waals surface area contributed by atoms with Gasteiger partial charge in [-0.05, 0) is 0 Å². The normalized spacial score (nSPS) is 54.4. The zero-order valence-electron chi connectivity index (χ0n) is 12.0. The van der Waals surface area contributed by atoms with Crippen LogP contribution in [-0.4, -0.2) is 120 Å². The van der Waals surface area contributed by atoms with Crippen LogP contribution in [0.25, 0.3) is 0 Å². The van der Waals surface area contributed by atoms with Gasteiger partial charge in [-0.2, -0.15) is 0 Å². The standard InChI is InChI=1S/C12H22O11/c13-1-4-6(16)8(18)10(20)12(21,23-4)11(3-15)9(19)7(17)5(2-14)22-11/h4-10,13-21H,1-3H2. The van der Waals surface area contributed by atoms with Crippen LogP contribution < -0.4 is 0 Å². The number of rotatable bonds is 4. The summed E-state index contributed by atoms with van der Waals surface area (Å²) in [5, 5.41) is 88.2. The lowest BCUT2D eigenvalue weighted by Crippen LogP contribution is -2.77. The van der Waals surface area contributed by atoms with Gasteiger partial charge in [-0.25, -0.2) is 0 Å². The second-order valence-electron chi connectivity index (χ2n) is 5.78. The monoisotopic (exact) mass is 342 g/mol. The fraction of sp³-hybridized carbons (Fsp3) is 1.00. The van der Waals surface area contributed by atoms with E-state index >= 15 is 0 Å². The first kappa shape index (κ1) is 18.9. The predicted molar refractivity (Wildman–Crippen MR) is 68.7 cm³/mol. The van der Waals surface area contributed by atoms with Crippen LogP contribution in [0.5, 0.6) is 0 Å². The van der Waals surface area contributed by atoms with Crippen molar-refractivity contribution >= 4 is 0 Å². The summed E-state index contributed by atoms with van der Waals surface area (Å²) in [5.74, 6) is -2.99. The molecule has 0 bridgehead atoms. The van der Waals surface area contributed by atoms with Crippen LogP contribution in [0, 0.1) is 0 Å². The molecule has 9 N–H and O–H groups in total. The van der Waals surface area contributed by atoms with Gasteiger partial charge in [0.2, 0.25) is 5.79 Å². The molecule has 0 spiro atoms. The highest BCUT2D eigenvalue weighted by molar-refractivity contribution is 5.15. The minimum Gasteiger partial charge on any atom is -0.394 e. The van der Waals surface area contributed by atoms with E-state index < -0.39 is 73.9 Å². The fourth-order valence-electron chi connectivity index (χ4n) is 3.08. The maximum atomic E-state index is 10.7. The first-order valence-corrected chi connectivity index (χ1v) is 7.01. The zero-order valence-corrected chi connectivity index (χ0v) is 12.0. The number of hydrogen-bond acceptors (Lipinski definition) is 11. The Morgan fingerprint density at radius 2 is 1.22 bits per heavy atom. The first-order valence-electron chi connectivity index (χ1n) is 7.01. The summed E-state index contributed by atoms with van der Waals surface area (Å²) in [7, 11) is 0. The third-order valence-electron chi connectivity index (χ3n) is 4.53. The summed E-state index contributed by atoms with van der Waals surface area (Å²) < 4.78 is 10.2. The SMILES string of the molecule is OCC1OC(O)(C2(CO)OC(CO)C(O)C2O)C(O)C(O)C1O. The second kappa shape index (κ2) is 6.46. The molecular formula is C12H22O11. The molecule has 0 aromatic carbocycles. The molecule has 136 valence electrons. The van der Waals surface area contributed by atoms with Gasteiger partial charge in [0.25, 0.3) is 0 Å². The zero-order chi connectivity index (χ0) is 17.6. The fourth-order valence-corrected chi connectivity index (χ4v) is 3.08. The Morgan fingerprint density at radius 3 is 1.65 bits per heavy atom. The molecule has 0 aromatic heterocycles. The van der Waals surface area contributed by atoms with E-state index in [0.29, 0.717) is 0 Å². The molecule has 2 aliphatic heterocycles. The van der Waals surface area contributed by atoms with Gasteiger partial charge < -0.3 is 55.4 Å². The Labute approximate surface area is 130 Å². The highest BCUT2D eigenvalue weighted by Crippen LogP contribution is 2.45. The lowest BCUT2D eigenvalue weighted by molar-refractivity contribution is -0.415. The Hall–Kier alpha value is -0.440. The summed E-state index contributed by atoms with van der Waals surface area (Å²) in [6, 6.07) is 0. The van der Waals surface area contributed by atoms with Crippen molar-refractivity contribution in [1.82, 2.24) is 0 Å². The molecule has 2 fully saturated rings. The van der Waals surface area contributed by atoms with E-state index in [-0.39, 0.29) is 0 Å². The Bertz CT molecular complexity index is 420. The molecule has 0 radical (unpaired) electrons. The average molecular weight is 342 g/mol.